The van der Waals surface area contributed by atoms with Gasteiger partial charge in [0.05, 0.1) is 11.9 Å². The third-order valence-electron chi connectivity index (χ3n) is 2.89. The van der Waals surface area contributed by atoms with Crippen molar-refractivity contribution in [3.8, 4) is 17.7 Å². The Balaban J connectivity index is 2.44. The van der Waals surface area contributed by atoms with Crippen LogP contribution in [-0.2, 0) is 5.41 Å². The van der Waals surface area contributed by atoms with E-state index >= 15 is 0 Å². The van der Waals surface area contributed by atoms with Crippen LogP contribution in [0.25, 0.3) is 0 Å². The molecule has 2 rings (SSSR count). The van der Waals surface area contributed by atoms with Gasteiger partial charge in [0.2, 0.25) is 5.88 Å². The van der Waals surface area contributed by atoms with E-state index < -0.39 is 0 Å². The van der Waals surface area contributed by atoms with Gasteiger partial charge in [0.25, 0.3) is 0 Å². The average Bonchev–Trinajstić information content (AvgIpc) is 2.40. The molecule has 0 unspecified atom stereocenters. The lowest BCUT2D eigenvalue weighted by Crippen LogP contribution is -2.12. The molecule has 0 radical (unpaired) electrons. The molecule has 20 heavy (non-hydrogen) atoms. The summed E-state index contributed by atoms with van der Waals surface area (Å²) in [7, 11) is 0. The first kappa shape index (κ1) is 13.9. The summed E-state index contributed by atoms with van der Waals surface area (Å²) in [5.74, 6) is 0.979. The Bertz CT molecular complexity index is 666. The number of ether oxygens (including phenoxy) is 1. The van der Waals surface area contributed by atoms with Gasteiger partial charge < -0.3 is 10.5 Å². The normalized spacial score (nSPS) is 10.9. The maximum absolute atomic E-state index is 9.12. The van der Waals surface area contributed by atoms with Gasteiger partial charge in [-0.1, -0.05) is 39.0 Å². The number of nitrogens with two attached hydrogens (primary N) is 1. The molecule has 0 saturated carbocycles. The highest BCUT2D eigenvalue weighted by atomic mass is 16.5. The second kappa shape index (κ2) is 5.22. The lowest BCUT2D eigenvalue weighted by Gasteiger charge is -2.22. The predicted molar refractivity (Wildman–Crippen MR) is 78.6 cm³/mol. The zero-order chi connectivity index (χ0) is 14.8. The van der Waals surface area contributed by atoms with Crippen LogP contribution >= 0.6 is 0 Å². The summed E-state index contributed by atoms with van der Waals surface area (Å²) in [6.07, 6.45) is 1.48. The highest BCUT2D eigenvalue weighted by Crippen LogP contribution is 2.34. The van der Waals surface area contributed by atoms with E-state index in [0.29, 0.717) is 17.0 Å². The standard InChI is InChI=1S/C16H17N3O/c1-16(2,3)13-6-4-5-7-14(13)20-15-11(9-17)8-12(18)10-19-15/h4-8,10H,18H2,1-3H3. The van der Waals surface area contributed by atoms with E-state index in [4.69, 9.17) is 15.7 Å². The smallest absolute Gasteiger partial charge is 0.237 e. The molecule has 0 amide bonds. The van der Waals surface area contributed by atoms with Crippen LogP contribution in [0.1, 0.15) is 31.9 Å². The van der Waals surface area contributed by atoms with Gasteiger partial charge >= 0.3 is 0 Å². The highest BCUT2D eigenvalue weighted by molar-refractivity contribution is 5.50. The summed E-state index contributed by atoms with van der Waals surface area (Å²) < 4.78 is 5.82. The molecule has 1 aromatic carbocycles. The Morgan fingerprint density at radius 1 is 1.25 bits per heavy atom. The molecule has 0 spiro atoms. The van der Waals surface area contributed by atoms with E-state index in [9.17, 15) is 0 Å². The number of nitriles is 1. The summed E-state index contributed by atoms with van der Waals surface area (Å²) in [6.45, 7) is 6.32. The lowest BCUT2D eigenvalue weighted by atomic mass is 9.86. The van der Waals surface area contributed by atoms with Gasteiger partial charge in [-0.2, -0.15) is 5.26 Å². The minimum atomic E-state index is -0.0583. The molecule has 2 N–H and O–H groups in total. The van der Waals surface area contributed by atoms with Gasteiger partial charge in [0.15, 0.2) is 0 Å². The zero-order valence-electron chi connectivity index (χ0n) is 11.8. The number of pyridine rings is 1. The number of anilines is 1. The Labute approximate surface area is 118 Å². The topological polar surface area (TPSA) is 71.9 Å². The van der Waals surface area contributed by atoms with Gasteiger partial charge in [0, 0.05) is 5.56 Å². The fraction of sp³-hybridized carbons (Fsp3) is 0.250. The van der Waals surface area contributed by atoms with E-state index in [1.54, 1.807) is 6.07 Å². The van der Waals surface area contributed by atoms with Crippen LogP contribution in [0.3, 0.4) is 0 Å². The number of rotatable bonds is 2. The number of hydrogen-bond donors (Lipinski definition) is 1. The number of benzene rings is 1. The van der Waals surface area contributed by atoms with Gasteiger partial charge in [-0.3, -0.25) is 0 Å². The number of aromatic nitrogens is 1. The molecule has 0 saturated heterocycles. The minimum absolute atomic E-state index is 0.0583. The van der Waals surface area contributed by atoms with Crippen molar-refractivity contribution in [3.63, 3.8) is 0 Å². The van der Waals surface area contributed by atoms with Gasteiger partial charge in [0.1, 0.15) is 17.4 Å². The van der Waals surface area contributed by atoms with Crippen molar-refractivity contribution in [2.75, 3.05) is 5.73 Å². The molecule has 0 aliphatic rings. The number of nitrogens with zero attached hydrogens (tertiary/aromatic N) is 2. The van der Waals surface area contributed by atoms with Crippen LogP contribution in [0.4, 0.5) is 5.69 Å². The first-order chi connectivity index (χ1) is 9.41. The van der Waals surface area contributed by atoms with E-state index in [1.807, 2.05) is 30.3 Å². The van der Waals surface area contributed by atoms with Crippen molar-refractivity contribution in [2.24, 2.45) is 0 Å². The summed E-state index contributed by atoms with van der Waals surface area (Å²) in [4.78, 5) is 4.10. The third-order valence-corrected chi connectivity index (χ3v) is 2.89. The second-order valence-corrected chi connectivity index (χ2v) is 5.58. The van der Waals surface area contributed by atoms with E-state index in [2.05, 4.69) is 25.8 Å². The second-order valence-electron chi connectivity index (χ2n) is 5.58. The van der Waals surface area contributed by atoms with Gasteiger partial charge in [-0.15, -0.1) is 0 Å². The monoisotopic (exact) mass is 267 g/mol. The SMILES string of the molecule is CC(C)(C)c1ccccc1Oc1ncc(N)cc1C#N. The lowest BCUT2D eigenvalue weighted by molar-refractivity contribution is 0.438. The molecule has 0 bridgehead atoms. The maximum atomic E-state index is 9.12. The Morgan fingerprint density at radius 2 is 1.95 bits per heavy atom. The first-order valence-corrected chi connectivity index (χ1v) is 6.35. The van der Waals surface area contributed by atoms with Gasteiger partial charge in [-0.25, -0.2) is 4.98 Å². The summed E-state index contributed by atoms with van der Waals surface area (Å²) in [6, 6.07) is 11.4. The molecular weight excluding hydrogens is 250 g/mol. The molecule has 2 aromatic rings. The molecule has 4 heteroatoms. The number of nitrogen functional groups attached to an aromatic ring is 1. The van der Waals surface area contributed by atoms with Gasteiger partial charge in [-0.05, 0) is 17.5 Å². The molecule has 0 aliphatic heterocycles. The van der Waals surface area contributed by atoms with Crippen LogP contribution in [0, 0.1) is 11.3 Å². The van der Waals surface area contributed by atoms with Crippen molar-refractivity contribution in [1.82, 2.24) is 4.98 Å². The molecule has 0 fully saturated rings. The van der Waals surface area contributed by atoms with Crippen LogP contribution in [0.5, 0.6) is 11.6 Å². The highest BCUT2D eigenvalue weighted by Gasteiger charge is 2.19. The fourth-order valence-corrected chi connectivity index (χ4v) is 1.91. The van der Waals surface area contributed by atoms with Crippen LogP contribution < -0.4 is 10.5 Å². The summed E-state index contributed by atoms with van der Waals surface area (Å²) in [5, 5.41) is 9.12. The van der Waals surface area contributed by atoms with Crippen molar-refractivity contribution in [1.29, 1.82) is 5.26 Å². The Morgan fingerprint density at radius 3 is 2.60 bits per heavy atom. The predicted octanol–water partition coefficient (Wildman–Crippen LogP) is 3.63. The van der Waals surface area contributed by atoms with Crippen LogP contribution in [0.2, 0.25) is 0 Å². The Hall–Kier alpha value is -2.54. The van der Waals surface area contributed by atoms with Crippen molar-refractivity contribution < 1.29 is 4.74 Å². The quantitative estimate of drug-likeness (QED) is 0.901. The minimum Gasteiger partial charge on any atom is -0.437 e. The van der Waals surface area contributed by atoms with E-state index in [0.717, 1.165) is 5.56 Å². The largest absolute Gasteiger partial charge is 0.437 e. The zero-order valence-corrected chi connectivity index (χ0v) is 11.8. The first-order valence-electron chi connectivity index (χ1n) is 6.35. The Kier molecular flexibility index (Phi) is 3.62. The number of para-hydroxylation sites is 1. The van der Waals surface area contributed by atoms with Crippen LogP contribution in [-0.4, -0.2) is 4.98 Å². The van der Waals surface area contributed by atoms with E-state index in [-0.39, 0.29) is 11.3 Å². The fourth-order valence-electron chi connectivity index (χ4n) is 1.91. The molecule has 0 aliphatic carbocycles. The molecule has 1 heterocycles. The van der Waals surface area contributed by atoms with Crippen LogP contribution in [0.15, 0.2) is 36.5 Å². The van der Waals surface area contributed by atoms with Crippen molar-refractivity contribution in [3.05, 3.63) is 47.7 Å². The third kappa shape index (κ3) is 2.89. The molecule has 1 aromatic heterocycles. The number of hydrogen-bond acceptors (Lipinski definition) is 4. The summed E-state index contributed by atoms with van der Waals surface area (Å²) >= 11 is 0. The molecule has 0 atom stereocenters. The maximum Gasteiger partial charge on any atom is 0.237 e. The van der Waals surface area contributed by atoms with Crippen molar-refractivity contribution in [2.45, 2.75) is 26.2 Å². The van der Waals surface area contributed by atoms with Crippen molar-refractivity contribution >= 4 is 5.69 Å². The molecule has 4 nitrogen and oxygen atoms in total. The molecular formula is C16H17N3O. The van der Waals surface area contributed by atoms with E-state index in [1.165, 1.54) is 6.20 Å². The summed E-state index contributed by atoms with van der Waals surface area (Å²) in [5.41, 5.74) is 7.40. The molecule has 102 valence electrons. The average molecular weight is 267 g/mol.